The van der Waals surface area contributed by atoms with Crippen LogP contribution in [-0.4, -0.2) is 58.7 Å². The van der Waals surface area contributed by atoms with Crippen molar-refractivity contribution in [3.8, 4) is 0 Å². The molecule has 1 atom stereocenters. The van der Waals surface area contributed by atoms with Crippen molar-refractivity contribution in [1.82, 2.24) is 20.1 Å². The highest BCUT2D eigenvalue weighted by Gasteiger charge is 2.42. The van der Waals surface area contributed by atoms with Gasteiger partial charge >= 0.3 is 12.1 Å². The molecule has 1 saturated carbocycles. The highest BCUT2D eigenvalue weighted by Crippen LogP contribution is 2.35. The number of benzene rings is 1. The second kappa shape index (κ2) is 9.05. The van der Waals surface area contributed by atoms with Gasteiger partial charge in [-0.3, -0.25) is 9.88 Å². The van der Waals surface area contributed by atoms with E-state index in [1.54, 1.807) is 0 Å². The summed E-state index contributed by atoms with van der Waals surface area (Å²) >= 11 is 0. The summed E-state index contributed by atoms with van der Waals surface area (Å²) in [6, 6.07) is 8.46. The number of amides is 3. The number of carbonyl (C=O) groups excluding carboxylic acids is 2. The van der Waals surface area contributed by atoms with Crippen LogP contribution in [0.3, 0.4) is 0 Å². The molecule has 2 saturated heterocycles. The van der Waals surface area contributed by atoms with Gasteiger partial charge in [0.1, 0.15) is 12.6 Å². The number of hydrogen-bond donors (Lipinski definition) is 1. The normalized spacial score (nSPS) is 26.1. The van der Waals surface area contributed by atoms with E-state index >= 15 is 0 Å². The van der Waals surface area contributed by atoms with E-state index in [1.165, 1.54) is 6.07 Å². The predicted molar refractivity (Wildman–Crippen MR) is 115 cm³/mol. The number of aromatic nitrogens is 1. The number of likely N-dealkylation sites (tertiary alicyclic amines) is 1. The molecule has 3 heterocycles. The first-order valence-corrected chi connectivity index (χ1v) is 11.4. The summed E-state index contributed by atoms with van der Waals surface area (Å²) < 4.78 is 31.9. The number of carbonyl (C=O) groups is 2. The number of cyclic esters (lactones) is 1. The lowest BCUT2D eigenvalue weighted by Crippen LogP contribution is -2.64. The van der Waals surface area contributed by atoms with Crippen LogP contribution in [0.15, 0.2) is 42.6 Å². The zero-order chi connectivity index (χ0) is 22.9. The molecule has 7 nitrogen and oxygen atoms in total. The molecule has 1 aromatic heterocycles. The van der Waals surface area contributed by atoms with Crippen molar-refractivity contribution in [3.05, 3.63) is 65.5 Å². The Morgan fingerprint density at radius 3 is 2.55 bits per heavy atom. The van der Waals surface area contributed by atoms with Crippen LogP contribution in [0.4, 0.5) is 18.4 Å². The minimum atomic E-state index is -1.03. The lowest BCUT2D eigenvalue weighted by atomic mass is 9.82. The van der Waals surface area contributed by atoms with Crippen molar-refractivity contribution >= 4 is 12.1 Å². The fourth-order valence-corrected chi connectivity index (χ4v) is 5.11. The molecule has 174 valence electrons. The SMILES string of the molecule is O=C(NC1CN(C2CCC(c3ccccn3)CC2)C1)N1C(=O)OCC1c1ccc(F)c(F)c1. The molecule has 3 amide bonds. The molecule has 0 radical (unpaired) electrons. The first-order valence-electron chi connectivity index (χ1n) is 11.4. The molecule has 3 fully saturated rings. The van der Waals surface area contributed by atoms with E-state index in [-0.39, 0.29) is 12.6 Å². The Balaban J connectivity index is 1.13. The highest BCUT2D eigenvalue weighted by atomic mass is 19.2. The van der Waals surface area contributed by atoms with Gasteiger partial charge in [0.2, 0.25) is 0 Å². The average molecular weight is 456 g/mol. The Bertz CT molecular complexity index is 1020. The first kappa shape index (κ1) is 21.8. The molecule has 9 heteroatoms. The van der Waals surface area contributed by atoms with Crippen LogP contribution in [0.5, 0.6) is 0 Å². The molecule has 3 aliphatic rings. The van der Waals surface area contributed by atoms with Gasteiger partial charge in [-0.25, -0.2) is 23.3 Å². The topological polar surface area (TPSA) is 74.8 Å². The number of urea groups is 1. The maximum atomic E-state index is 13.6. The van der Waals surface area contributed by atoms with E-state index in [9.17, 15) is 18.4 Å². The van der Waals surface area contributed by atoms with Crippen molar-refractivity contribution in [3.63, 3.8) is 0 Å². The van der Waals surface area contributed by atoms with Crippen LogP contribution in [-0.2, 0) is 4.74 Å². The fourth-order valence-electron chi connectivity index (χ4n) is 5.11. The van der Waals surface area contributed by atoms with Crippen molar-refractivity contribution in [2.45, 2.75) is 49.7 Å². The fraction of sp³-hybridized carbons (Fsp3) is 0.458. The van der Waals surface area contributed by atoms with Crippen LogP contribution in [0, 0.1) is 11.6 Å². The third-order valence-electron chi connectivity index (χ3n) is 6.98. The summed E-state index contributed by atoms with van der Waals surface area (Å²) in [7, 11) is 0. The summed E-state index contributed by atoms with van der Waals surface area (Å²) in [5, 5.41) is 2.88. The van der Waals surface area contributed by atoms with Crippen LogP contribution in [0.1, 0.15) is 48.9 Å². The van der Waals surface area contributed by atoms with E-state index in [4.69, 9.17) is 4.74 Å². The number of halogens is 2. The van der Waals surface area contributed by atoms with Gasteiger partial charge in [-0.1, -0.05) is 12.1 Å². The molecule has 0 bridgehead atoms. The van der Waals surface area contributed by atoms with Gasteiger partial charge in [0, 0.05) is 36.9 Å². The molecule has 1 N–H and O–H groups in total. The highest BCUT2D eigenvalue weighted by molar-refractivity contribution is 5.93. The van der Waals surface area contributed by atoms with E-state index in [1.807, 2.05) is 18.3 Å². The van der Waals surface area contributed by atoms with Crippen LogP contribution in [0.2, 0.25) is 0 Å². The second-order valence-electron chi connectivity index (χ2n) is 9.00. The minimum Gasteiger partial charge on any atom is -0.446 e. The average Bonchev–Trinajstić information content (AvgIpc) is 3.20. The summed E-state index contributed by atoms with van der Waals surface area (Å²) in [6.45, 7) is 1.36. The lowest BCUT2D eigenvalue weighted by molar-refractivity contribution is 0.0543. The molecular formula is C24H26F2N4O3. The zero-order valence-corrected chi connectivity index (χ0v) is 18.1. The molecule has 5 rings (SSSR count). The molecular weight excluding hydrogens is 430 g/mol. The summed E-state index contributed by atoms with van der Waals surface area (Å²) in [6.07, 6.45) is 5.45. The first-order chi connectivity index (χ1) is 16.0. The summed E-state index contributed by atoms with van der Waals surface area (Å²) in [4.78, 5) is 32.8. The maximum Gasteiger partial charge on any atom is 0.418 e. The number of pyridine rings is 1. The van der Waals surface area contributed by atoms with Crippen molar-refractivity contribution in [2.75, 3.05) is 19.7 Å². The third kappa shape index (κ3) is 4.42. The van der Waals surface area contributed by atoms with Crippen LogP contribution >= 0.6 is 0 Å². The molecule has 2 aliphatic heterocycles. The molecule has 1 aliphatic carbocycles. The Morgan fingerprint density at radius 2 is 1.85 bits per heavy atom. The monoisotopic (exact) mass is 456 g/mol. The van der Waals surface area contributed by atoms with Gasteiger partial charge in [0.05, 0.1) is 6.04 Å². The van der Waals surface area contributed by atoms with Crippen LogP contribution in [0.25, 0.3) is 0 Å². The molecule has 1 aromatic carbocycles. The molecule has 1 unspecified atom stereocenters. The molecule has 33 heavy (non-hydrogen) atoms. The summed E-state index contributed by atoms with van der Waals surface area (Å²) in [5.41, 5.74) is 1.48. The van der Waals surface area contributed by atoms with E-state index < -0.39 is 29.8 Å². The predicted octanol–water partition coefficient (Wildman–Crippen LogP) is 3.97. The van der Waals surface area contributed by atoms with Gasteiger partial charge < -0.3 is 10.1 Å². The van der Waals surface area contributed by atoms with Gasteiger partial charge in [-0.2, -0.15) is 0 Å². The number of imide groups is 1. The smallest absolute Gasteiger partial charge is 0.418 e. The molecule has 2 aromatic rings. The van der Waals surface area contributed by atoms with Crippen LogP contribution < -0.4 is 5.32 Å². The van der Waals surface area contributed by atoms with Crippen molar-refractivity contribution in [2.24, 2.45) is 0 Å². The second-order valence-corrected chi connectivity index (χ2v) is 9.00. The number of hydrogen-bond acceptors (Lipinski definition) is 5. The van der Waals surface area contributed by atoms with Gasteiger partial charge in [-0.05, 0) is 55.5 Å². The van der Waals surface area contributed by atoms with E-state index in [2.05, 4.69) is 21.3 Å². The van der Waals surface area contributed by atoms with Gasteiger partial charge in [0.15, 0.2) is 11.6 Å². The molecule has 0 spiro atoms. The minimum absolute atomic E-state index is 0.0648. The number of ether oxygens (including phenoxy) is 1. The standard InChI is InChI=1S/C24H26F2N4O3/c25-19-9-6-16(11-20(19)26)22-14-33-24(32)30(22)23(31)28-17-12-29(13-17)18-7-4-15(5-8-18)21-3-1-2-10-27-21/h1-3,6,9-11,15,17-18,22H,4-5,7-8,12-14H2,(H,28,31). The van der Waals surface area contributed by atoms with E-state index in [0.29, 0.717) is 17.5 Å². The summed E-state index contributed by atoms with van der Waals surface area (Å²) in [5.74, 6) is -1.50. The number of rotatable bonds is 4. The van der Waals surface area contributed by atoms with Crippen molar-refractivity contribution < 1.29 is 23.1 Å². The third-order valence-corrected chi connectivity index (χ3v) is 6.98. The lowest BCUT2D eigenvalue weighted by Gasteiger charge is -2.47. The van der Waals surface area contributed by atoms with Gasteiger partial charge in [-0.15, -0.1) is 0 Å². The Morgan fingerprint density at radius 1 is 1.06 bits per heavy atom. The Labute approximate surface area is 190 Å². The zero-order valence-electron chi connectivity index (χ0n) is 18.1. The van der Waals surface area contributed by atoms with E-state index in [0.717, 1.165) is 61.5 Å². The maximum absolute atomic E-state index is 13.6. The number of nitrogens with one attached hydrogen (secondary N) is 1. The number of nitrogens with zero attached hydrogens (tertiary/aromatic N) is 3. The largest absolute Gasteiger partial charge is 0.446 e. The Hall–Kier alpha value is -3.07. The van der Waals surface area contributed by atoms with Crippen molar-refractivity contribution in [1.29, 1.82) is 0 Å². The quantitative estimate of drug-likeness (QED) is 0.754. The van der Waals surface area contributed by atoms with Gasteiger partial charge in [0.25, 0.3) is 0 Å². The Kier molecular flexibility index (Phi) is 5.97.